The summed E-state index contributed by atoms with van der Waals surface area (Å²) in [7, 11) is 2.06. The van der Waals surface area contributed by atoms with Crippen molar-refractivity contribution < 1.29 is 23.1 Å². The number of ether oxygens (including phenoxy) is 1. The number of piperazine rings is 1. The number of hydrogen-bond acceptors (Lipinski definition) is 4. The van der Waals surface area contributed by atoms with Crippen molar-refractivity contribution in [3.05, 3.63) is 65.7 Å². The molecule has 0 radical (unpaired) electrons. The van der Waals surface area contributed by atoms with E-state index in [1.54, 1.807) is 18.2 Å². The fraction of sp³-hybridized carbons (Fsp3) is 0.548. The lowest BCUT2D eigenvalue weighted by Gasteiger charge is -2.46. The lowest BCUT2D eigenvalue weighted by Crippen LogP contribution is -2.56. The third-order valence-electron chi connectivity index (χ3n) is 8.93. The SMILES string of the molecule is CN1CCN(C(=O)CC2(COc3ccc(F)cc3)CCCN(C(=O)C3(c4cccc(F)c4)CCCC3)C2)CC1. The quantitative estimate of drug-likeness (QED) is 0.515. The van der Waals surface area contributed by atoms with Crippen molar-refractivity contribution in [2.45, 2.75) is 50.4 Å². The standard InChI is InChI=1S/C31H39F2N3O3/c1-34-16-18-35(19-17-34)28(37)21-30(23-39-27-10-8-25(32)9-11-27)12-5-15-36(22-30)29(38)31(13-2-3-14-31)24-6-4-7-26(33)20-24/h4,6-11,20H,2-3,5,12-19,21-23H2,1H3. The molecule has 1 unspecified atom stereocenters. The van der Waals surface area contributed by atoms with Crippen LogP contribution in [0.25, 0.3) is 0 Å². The molecule has 1 aliphatic carbocycles. The van der Waals surface area contributed by atoms with Gasteiger partial charge in [0.15, 0.2) is 0 Å². The minimum Gasteiger partial charge on any atom is -0.493 e. The molecular formula is C31H39F2N3O3. The number of rotatable bonds is 7. The van der Waals surface area contributed by atoms with Crippen molar-refractivity contribution in [2.75, 3.05) is 52.9 Å². The number of hydrogen-bond donors (Lipinski definition) is 0. The van der Waals surface area contributed by atoms with Gasteiger partial charge in [0.25, 0.3) is 0 Å². The van der Waals surface area contributed by atoms with Crippen LogP contribution in [-0.2, 0) is 15.0 Å². The van der Waals surface area contributed by atoms with E-state index in [9.17, 15) is 18.4 Å². The topological polar surface area (TPSA) is 53.1 Å². The van der Waals surface area contributed by atoms with Crippen LogP contribution in [0.5, 0.6) is 5.75 Å². The minimum absolute atomic E-state index is 0.0310. The molecule has 210 valence electrons. The molecule has 2 aromatic rings. The summed E-state index contributed by atoms with van der Waals surface area (Å²) < 4.78 is 33.9. The summed E-state index contributed by atoms with van der Waals surface area (Å²) in [6, 6.07) is 12.4. The van der Waals surface area contributed by atoms with Gasteiger partial charge >= 0.3 is 0 Å². The molecule has 3 aliphatic rings. The Balaban J connectivity index is 1.39. The Kier molecular flexibility index (Phi) is 8.21. The molecule has 2 aliphatic heterocycles. The third-order valence-corrected chi connectivity index (χ3v) is 8.93. The van der Waals surface area contributed by atoms with Crippen LogP contribution >= 0.6 is 0 Å². The molecule has 0 spiro atoms. The van der Waals surface area contributed by atoms with E-state index in [1.807, 2.05) is 15.9 Å². The number of carbonyl (C=O) groups excluding carboxylic acids is 2. The Morgan fingerprint density at radius 2 is 1.56 bits per heavy atom. The van der Waals surface area contributed by atoms with E-state index in [0.717, 1.165) is 44.3 Å². The molecule has 2 heterocycles. The zero-order valence-corrected chi connectivity index (χ0v) is 22.8. The van der Waals surface area contributed by atoms with Crippen molar-refractivity contribution in [3.63, 3.8) is 0 Å². The summed E-state index contributed by atoms with van der Waals surface area (Å²) in [5, 5.41) is 0. The van der Waals surface area contributed by atoms with E-state index in [-0.39, 0.29) is 36.5 Å². The highest BCUT2D eigenvalue weighted by atomic mass is 19.1. The van der Waals surface area contributed by atoms with E-state index >= 15 is 0 Å². The predicted molar refractivity (Wildman–Crippen MR) is 145 cm³/mol. The zero-order chi connectivity index (χ0) is 27.5. The first-order valence-corrected chi connectivity index (χ1v) is 14.2. The average molecular weight is 540 g/mol. The first-order valence-electron chi connectivity index (χ1n) is 14.2. The molecule has 2 saturated heterocycles. The Bertz CT molecular complexity index is 1160. The monoisotopic (exact) mass is 539 g/mol. The first kappa shape index (κ1) is 27.6. The summed E-state index contributed by atoms with van der Waals surface area (Å²) in [6.07, 6.45) is 5.05. The van der Waals surface area contributed by atoms with Crippen molar-refractivity contribution in [1.29, 1.82) is 0 Å². The summed E-state index contributed by atoms with van der Waals surface area (Å²) in [5.41, 5.74) is -0.549. The third kappa shape index (κ3) is 6.11. The van der Waals surface area contributed by atoms with Crippen LogP contribution in [-0.4, -0.2) is 79.4 Å². The van der Waals surface area contributed by atoms with Gasteiger partial charge < -0.3 is 19.4 Å². The molecule has 2 aromatic carbocycles. The number of halogens is 2. The highest BCUT2D eigenvalue weighted by Crippen LogP contribution is 2.45. The van der Waals surface area contributed by atoms with Crippen LogP contribution in [0.1, 0.15) is 50.5 Å². The molecule has 2 amide bonds. The lowest BCUT2D eigenvalue weighted by molar-refractivity contribution is -0.146. The van der Waals surface area contributed by atoms with E-state index in [2.05, 4.69) is 11.9 Å². The van der Waals surface area contributed by atoms with Gasteiger partial charge in [-0.3, -0.25) is 9.59 Å². The number of benzene rings is 2. The maximum atomic E-state index is 14.3. The maximum absolute atomic E-state index is 14.3. The summed E-state index contributed by atoms with van der Waals surface area (Å²) in [4.78, 5) is 33.9. The van der Waals surface area contributed by atoms with Crippen molar-refractivity contribution >= 4 is 11.8 Å². The highest BCUT2D eigenvalue weighted by Gasteiger charge is 2.48. The molecule has 6 nitrogen and oxygen atoms in total. The predicted octanol–water partition coefficient (Wildman–Crippen LogP) is 4.63. The van der Waals surface area contributed by atoms with Crippen LogP contribution in [0, 0.1) is 17.0 Å². The van der Waals surface area contributed by atoms with Gasteiger partial charge in [-0.05, 0) is 74.7 Å². The van der Waals surface area contributed by atoms with Crippen molar-refractivity contribution in [3.8, 4) is 5.75 Å². The minimum atomic E-state index is -0.732. The van der Waals surface area contributed by atoms with Gasteiger partial charge in [0.1, 0.15) is 17.4 Å². The second-order valence-corrected chi connectivity index (χ2v) is 11.7. The zero-order valence-electron chi connectivity index (χ0n) is 22.8. The summed E-state index contributed by atoms with van der Waals surface area (Å²) >= 11 is 0. The summed E-state index contributed by atoms with van der Waals surface area (Å²) in [5.74, 6) is -0.0105. The number of likely N-dealkylation sites (N-methyl/N-ethyl adjacent to an activating group) is 1. The molecule has 1 saturated carbocycles. The molecule has 8 heteroatoms. The van der Waals surface area contributed by atoms with Gasteiger partial charge in [0, 0.05) is 51.1 Å². The van der Waals surface area contributed by atoms with E-state index in [4.69, 9.17) is 4.74 Å². The smallest absolute Gasteiger partial charge is 0.233 e. The molecule has 3 fully saturated rings. The molecule has 1 atom stereocenters. The van der Waals surface area contributed by atoms with Gasteiger partial charge in [-0.2, -0.15) is 0 Å². The molecule has 5 rings (SSSR count). The van der Waals surface area contributed by atoms with Crippen molar-refractivity contribution in [2.24, 2.45) is 5.41 Å². The molecule has 0 bridgehead atoms. The Morgan fingerprint density at radius 3 is 2.26 bits per heavy atom. The maximum Gasteiger partial charge on any atom is 0.233 e. The number of likely N-dealkylation sites (tertiary alicyclic amines) is 1. The Labute approximate surface area is 229 Å². The fourth-order valence-corrected chi connectivity index (χ4v) is 6.64. The van der Waals surface area contributed by atoms with Gasteiger partial charge in [-0.25, -0.2) is 8.78 Å². The van der Waals surface area contributed by atoms with Crippen molar-refractivity contribution in [1.82, 2.24) is 14.7 Å². The Morgan fingerprint density at radius 1 is 0.846 bits per heavy atom. The van der Waals surface area contributed by atoms with Crippen LogP contribution in [0.3, 0.4) is 0 Å². The normalized spacial score (nSPS) is 23.6. The van der Waals surface area contributed by atoms with Gasteiger partial charge in [-0.15, -0.1) is 0 Å². The van der Waals surface area contributed by atoms with E-state index in [1.165, 1.54) is 24.3 Å². The fourth-order valence-electron chi connectivity index (χ4n) is 6.64. The average Bonchev–Trinajstić information content (AvgIpc) is 3.44. The van der Waals surface area contributed by atoms with Crippen LogP contribution in [0.4, 0.5) is 8.78 Å². The molecule has 0 aromatic heterocycles. The van der Waals surface area contributed by atoms with E-state index in [0.29, 0.717) is 44.8 Å². The number of piperidine rings is 1. The first-order chi connectivity index (χ1) is 18.8. The van der Waals surface area contributed by atoms with Crippen LogP contribution < -0.4 is 4.74 Å². The lowest BCUT2D eigenvalue weighted by atomic mass is 9.74. The van der Waals surface area contributed by atoms with Gasteiger partial charge in [0.2, 0.25) is 11.8 Å². The molecule has 39 heavy (non-hydrogen) atoms. The van der Waals surface area contributed by atoms with E-state index < -0.39 is 10.8 Å². The largest absolute Gasteiger partial charge is 0.493 e. The molecule has 0 N–H and O–H groups in total. The second kappa shape index (κ2) is 11.6. The van der Waals surface area contributed by atoms with Gasteiger partial charge in [-0.1, -0.05) is 25.0 Å². The summed E-state index contributed by atoms with van der Waals surface area (Å²) in [6.45, 7) is 4.33. The number of nitrogens with zero attached hydrogens (tertiary/aromatic N) is 3. The Hall–Kier alpha value is -3.00. The number of amides is 2. The molecular weight excluding hydrogens is 500 g/mol. The highest BCUT2D eigenvalue weighted by molar-refractivity contribution is 5.89. The van der Waals surface area contributed by atoms with Crippen LogP contribution in [0.2, 0.25) is 0 Å². The van der Waals surface area contributed by atoms with Crippen LogP contribution in [0.15, 0.2) is 48.5 Å². The second-order valence-electron chi connectivity index (χ2n) is 11.7. The number of carbonyl (C=O) groups is 2. The van der Waals surface area contributed by atoms with Gasteiger partial charge in [0.05, 0.1) is 12.0 Å².